The zero-order chi connectivity index (χ0) is 13.0. The summed E-state index contributed by atoms with van der Waals surface area (Å²) in [5.41, 5.74) is 0. The average molecular weight is 255 g/mol. The van der Waals surface area contributed by atoms with Crippen molar-refractivity contribution in [2.24, 2.45) is 0 Å². The number of rotatable bonds is 3. The fourth-order valence-electron chi connectivity index (χ4n) is 2.66. The predicted molar refractivity (Wildman–Crippen MR) is 70.6 cm³/mol. The van der Waals surface area contributed by atoms with Gasteiger partial charge >= 0.3 is 6.03 Å². The Balaban J connectivity index is 1.91. The van der Waals surface area contributed by atoms with Gasteiger partial charge in [0.1, 0.15) is 0 Å². The van der Waals surface area contributed by atoms with Crippen molar-refractivity contribution in [2.45, 2.75) is 51.2 Å². The molecule has 0 saturated carbocycles. The normalized spacial score (nSPS) is 32.6. The van der Waals surface area contributed by atoms with Crippen LogP contribution in [-0.4, -0.2) is 55.4 Å². The molecule has 2 aliphatic rings. The van der Waals surface area contributed by atoms with Crippen LogP contribution in [0, 0.1) is 0 Å². The standard InChI is InChI=1S/C13H25N3O2/c1-3-10-8-16(12(4-2)7-14-10)13(17)15-11-5-6-18-9-11/h10-12,14H,3-9H2,1-2H3,(H,15,17). The van der Waals surface area contributed by atoms with Crippen LogP contribution in [0.4, 0.5) is 4.79 Å². The summed E-state index contributed by atoms with van der Waals surface area (Å²) in [7, 11) is 0. The maximum Gasteiger partial charge on any atom is 0.318 e. The molecule has 2 rings (SSSR count). The van der Waals surface area contributed by atoms with Crippen LogP contribution in [0.5, 0.6) is 0 Å². The molecule has 0 aromatic rings. The highest BCUT2D eigenvalue weighted by molar-refractivity contribution is 5.75. The highest BCUT2D eigenvalue weighted by Crippen LogP contribution is 2.13. The molecule has 0 aliphatic carbocycles. The predicted octanol–water partition coefficient (Wildman–Crippen LogP) is 0.947. The molecular formula is C13H25N3O2. The molecule has 2 heterocycles. The third-order valence-corrected chi connectivity index (χ3v) is 3.98. The van der Waals surface area contributed by atoms with E-state index in [2.05, 4.69) is 24.5 Å². The van der Waals surface area contributed by atoms with Crippen LogP contribution < -0.4 is 10.6 Å². The van der Waals surface area contributed by atoms with Crippen LogP contribution >= 0.6 is 0 Å². The highest BCUT2D eigenvalue weighted by atomic mass is 16.5. The minimum absolute atomic E-state index is 0.0808. The molecule has 0 spiro atoms. The van der Waals surface area contributed by atoms with Crippen molar-refractivity contribution in [2.75, 3.05) is 26.3 Å². The van der Waals surface area contributed by atoms with E-state index in [0.29, 0.717) is 18.7 Å². The molecular weight excluding hydrogens is 230 g/mol. The zero-order valence-corrected chi connectivity index (χ0v) is 11.4. The second-order valence-electron chi connectivity index (χ2n) is 5.24. The Morgan fingerprint density at radius 1 is 1.44 bits per heavy atom. The van der Waals surface area contributed by atoms with Gasteiger partial charge in [0.2, 0.25) is 0 Å². The van der Waals surface area contributed by atoms with E-state index in [1.807, 2.05) is 4.90 Å². The molecule has 0 bridgehead atoms. The molecule has 2 aliphatic heterocycles. The van der Waals surface area contributed by atoms with Crippen molar-refractivity contribution >= 4 is 6.03 Å². The van der Waals surface area contributed by atoms with Crippen molar-refractivity contribution in [3.63, 3.8) is 0 Å². The van der Waals surface area contributed by atoms with Gasteiger partial charge < -0.3 is 20.3 Å². The number of hydrogen-bond acceptors (Lipinski definition) is 3. The number of nitrogens with one attached hydrogen (secondary N) is 2. The van der Waals surface area contributed by atoms with Crippen LogP contribution in [0.15, 0.2) is 0 Å². The first-order valence-electron chi connectivity index (χ1n) is 7.12. The van der Waals surface area contributed by atoms with Gasteiger partial charge in [-0.2, -0.15) is 0 Å². The summed E-state index contributed by atoms with van der Waals surface area (Å²) in [6.07, 6.45) is 3.00. The fraction of sp³-hybridized carbons (Fsp3) is 0.923. The Bertz CT molecular complexity index is 279. The van der Waals surface area contributed by atoms with Crippen LogP contribution in [0.3, 0.4) is 0 Å². The van der Waals surface area contributed by atoms with Crippen molar-refractivity contribution in [1.29, 1.82) is 0 Å². The molecule has 0 radical (unpaired) electrons. The monoisotopic (exact) mass is 255 g/mol. The molecule has 2 N–H and O–H groups in total. The first kappa shape index (κ1) is 13.6. The Morgan fingerprint density at radius 2 is 2.28 bits per heavy atom. The molecule has 5 nitrogen and oxygen atoms in total. The summed E-state index contributed by atoms with van der Waals surface area (Å²) in [6.45, 7) is 7.44. The topological polar surface area (TPSA) is 53.6 Å². The summed E-state index contributed by atoms with van der Waals surface area (Å²) in [4.78, 5) is 14.3. The van der Waals surface area contributed by atoms with E-state index in [4.69, 9.17) is 4.74 Å². The van der Waals surface area contributed by atoms with Crippen molar-refractivity contribution in [1.82, 2.24) is 15.5 Å². The van der Waals surface area contributed by atoms with Crippen LogP contribution in [0.1, 0.15) is 33.1 Å². The number of carbonyl (C=O) groups excluding carboxylic acids is 1. The van der Waals surface area contributed by atoms with Crippen molar-refractivity contribution in [3.8, 4) is 0 Å². The van der Waals surface area contributed by atoms with E-state index in [0.717, 1.165) is 39.0 Å². The lowest BCUT2D eigenvalue weighted by atomic mass is 10.1. The molecule has 2 saturated heterocycles. The Hall–Kier alpha value is -0.810. The van der Waals surface area contributed by atoms with E-state index in [1.54, 1.807) is 0 Å². The summed E-state index contributed by atoms with van der Waals surface area (Å²) in [6, 6.07) is 1.02. The van der Waals surface area contributed by atoms with Crippen molar-refractivity contribution in [3.05, 3.63) is 0 Å². The van der Waals surface area contributed by atoms with Crippen LogP contribution in [0.25, 0.3) is 0 Å². The SMILES string of the molecule is CCC1CN(C(=O)NC2CCOC2)C(CC)CN1. The minimum atomic E-state index is 0.0808. The van der Waals surface area contributed by atoms with Gasteiger partial charge in [0.25, 0.3) is 0 Å². The quantitative estimate of drug-likeness (QED) is 0.789. The van der Waals surface area contributed by atoms with E-state index in [-0.39, 0.29) is 12.1 Å². The molecule has 3 atom stereocenters. The molecule has 5 heteroatoms. The van der Waals surface area contributed by atoms with Crippen LogP contribution in [-0.2, 0) is 4.74 Å². The molecule has 104 valence electrons. The maximum absolute atomic E-state index is 12.3. The third-order valence-electron chi connectivity index (χ3n) is 3.98. The van der Waals surface area contributed by atoms with E-state index < -0.39 is 0 Å². The fourth-order valence-corrected chi connectivity index (χ4v) is 2.66. The van der Waals surface area contributed by atoms with Gasteiger partial charge in [-0.15, -0.1) is 0 Å². The number of piperazine rings is 1. The molecule has 2 amide bonds. The first-order chi connectivity index (χ1) is 8.74. The van der Waals surface area contributed by atoms with Gasteiger partial charge in [0.15, 0.2) is 0 Å². The van der Waals surface area contributed by atoms with Crippen LogP contribution in [0.2, 0.25) is 0 Å². The zero-order valence-electron chi connectivity index (χ0n) is 11.4. The summed E-state index contributed by atoms with van der Waals surface area (Å²) >= 11 is 0. The number of hydrogen-bond donors (Lipinski definition) is 2. The van der Waals surface area contributed by atoms with Gasteiger partial charge in [-0.1, -0.05) is 13.8 Å². The number of amides is 2. The largest absolute Gasteiger partial charge is 0.379 e. The van der Waals surface area contributed by atoms with Gasteiger partial charge in [0, 0.05) is 31.8 Å². The van der Waals surface area contributed by atoms with Crippen molar-refractivity contribution < 1.29 is 9.53 Å². The molecule has 0 aromatic heterocycles. The summed E-state index contributed by atoms with van der Waals surface area (Å²) < 4.78 is 5.30. The van der Waals surface area contributed by atoms with E-state index >= 15 is 0 Å². The maximum atomic E-state index is 12.3. The number of nitrogens with zero attached hydrogens (tertiary/aromatic N) is 1. The Kier molecular flexibility index (Phi) is 4.83. The van der Waals surface area contributed by atoms with Gasteiger partial charge in [-0.25, -0.2) is 4.79 Å². The Labute approximate surface area is 109 Å². The number of ether oxygens (including phenoxy) is 1. The smallest absolute Gasteiger partial charge is 0.318 e. The minimum Gasteiger partial charge on any atom is -0.379 e. The molecule has 2 fully saturated rings. The third kappa shape index (κ3) is 3.14. The molecule has 18 heavy (non-hydrogen) atoms. The van der Waals surface area contributed by atoms with Gasteiger partial charge in [-0.05, 0) is 19.3 Å². The number of carbonyl (C=O) groups is 1. The highest BCUT2D eigenvalue weighted by Gasteiger charge is 2.31. The lowest BCUT2D eigenvalue weighted by Gasteiger charge is -2.40. The second-order valence-corrected chi connectivity index (χ2v) is 5.24. The Morgan fingerprint density at radius 3 is 2.89 bits per heavy atom. The first-order valence-corrected chi connectivity index (χ1v) is 7.12. The van der Waals surface area contributed by atoms with Gasteiger partial charge in [-0.3, -0.25) is 0 Å². The van der Waals surface area contributed by atoms with E-state index in [9.17, 15) is 4.79 Å². The summed E-state index contributed by atoms with van der Waals surface area (Å²) in [5.74, 6) is 0. The molecule has 3 unspecified atom stereocenters. The second kappa shape index (κ2) is 6.38. The lowest BCUT2D eigenvalue weighted by molar-refractivity contribution is 0.131. The molecule has 0 aromatic carbocycles. The summed E-state index contributed by atoms with van der Waals surface area (Å²) in [5, 5.41) is 6.59. The number of urea groups is 1. The van der Waals surface area contributed by atoms with Gasteiger partial charge in [0.05, 0.1) is 12.6 Å². The average Bonchev–Trinajstić information content (AvgIpc) is 2.90. The van der Waals surface area contributed by atoms with E-state index in [1.165, 1.54) is 0 Å². The lowest BCUT2D eigenvalue weighted by Crippen LogP contribution is -2.60.